The molecule has 0 aliphatic carbocycles. The normalized spacial score (nSPS) is 13.2. The smallest absolute Gasteiger partial charge is 0.277 e. The van der Waals surface area contributed by atoms with Gasteiger partial charge in [0, 0.05) is 37.1 Å². The van der Waals surface area contributed by atoms with E-state index in [0.717, 1.165) is 18.2 Å². The van der Waals surface area contributed by atoms with E-state index in [1.807, 2.05) is 0 Å². The summed E-state index contributed by atoms with van der Waals surface area (Å²) in [5.74, 6) is -3.62. The minimum absolute atomic E-state index is 0.00452. The number of hydrogen-bond acceptors (Lipinski definition) is 7. The molecule has 0 bridgehead atoms. The molecule has 2 aromatic carbocycles. The molecule has 0 saturated carbocycles. The van der Waals surface area contributed by atoms with Crippen molar-refractivity contribution in [1.82, 2.24) is 9.97 Å². The molecule has 0 spiro atoms. The van der Waals surface area contributed by atoms with Gasteiger partial charge < -0.3 is 15.6 Å². The van der Waals surface area contributed by atoms with E-state index in [1.54, 1.807) is 6.07 Å². The molecule has 0 saturated heterocycles. The van der Waals surface area contributed by atoms with E-state index in [4.69, 9.17) is 15.9 Å². The summed E-state index contributed by atoms with van der Waals surface area (Å²) in [4.78, 5) is 25.2. The van der Waals surface area contributed by atoms with Crippen LogP contribution in [-0.4, -0.2) is 52.2 Å². The summed E-state index contributed by atoms with van der Waals surface area (Å²) in [6, 6.07) is 9.39. The van der Waals surface area contributed by atoms with E-state index in [-0.39, 0.29) is 29.1 Å². The number of aliphatic imine (C=N–C) groups is 1. The monoisotopic (exact) mass is 497 g/mol. The van der Waals surface area contributed by atoms with Crippen molar-refractivity contribution in [1.29, 1.82) is 5.41 Å². The summed E-state index contributed by atoms with van der Waals surface area (Å²) >= 11 is 0. The minimum atomic E-state index is -1.31. The summed E-state index contributed by atoms with van der Waals surface area (Å²) in [7, 11) is 1.30. The first-order valence-corrected chi connectivity index (χ1v) is 10.6. The van der Waals surface area contributed by atoms with Crippen LogP contribution >= 0.6 is 0 Å². The van der Waals surface area contributed by atoms with Gasteiger partial charge in [0.15, 0.2) is 5.83 Å². The fourth-order valence-electron chi connectivity index (χ4n) is 3.28. The number of aromatic nitrogens is 2. The van der Waals surface area contributed by atoms with Crippen molar-refractivity contribution in [2.24, 2.45) is 10.7 Å². The Labute approximate surface area is 204 Å². The van der Waals surface area contributed by atoms with Crippen molar-refractivity contribution in [2.75, 3.05) is 13.7 Å². The second-order valence-corrected chi connectivity index (χ2v) is 7.43. The maximum absolute atomic E-state index is 15.1. The highest BCUT2D eigenvalue weighted by atomic mass is 19.1. The Morgan fingerprint density at radius 3 is 2.42 bits per heavy atom. The number of nitrogens with one attached hydrogen (secondary N) is 1. The van der Waals surface area contributed by atoms with Gasteiger partial charge in [0.1, 0.15) is 23.6 Å². The van der Waals surface area contributed by atoms with Crippen LogP contribution in [0, 0.1) is 17.0 Å². The molecular formula is C25H22F3N5O3. The predicted octanol–water partition coefficient (Wildman–Crippen LogP) is 3.25. The van der Waals surface area contributed by atoms with Crippen molar-refractivity contribution in [2.45, 2.75) is 12.5 Å². The van der Waals surface area contributed by atoms with Crippen LogP contribution in [0.15, 0.2) is 71.7 Å². The summed E-state index contributed by atoms with van der Waals surface area (Å²) in [5.41, 5.74) is 3.42. The number of hydrogen-bond donors (Lipinski definition) is 3. The van der Waals surface area contributed by atoms with Gasteiger partial charge in [-0.1, -0.05) is 6.07 Å². The number of amides is 1. The van der Waals surface area contributed by atoms with Crippen LogP contribution in [0.2, 0.25) is 0 Å². The van der Waals surface area contributed by atoms with E-state index in [0.29, 0.717) is 0 Å². The Kier molecular flexibility index (Phi) is 8.76. The third kappa shape index (κ3) is 6.06. The lowest BCUT2D eigenvalue weighted by molar-refractivity contribution is 0.0912. The summed E-state index contributed by atoms with van der Waals surface area (Å²) in [6.45, 7) is -0.517. The molecule has 0 aliphatic heterocycles. The minimum Gasteiger partial charge on any atom is -0.396 e. The number of carbonyl (C=O) groups is 1. The standard InChI is InChI=1S/C25H22F3N5O3/c1-36-19(13-34)18(12-20-31-10-3-11-32-20)33-25(35)16-4-2-5-17(27)21(16)24(30)22(28)23(29)14-6-8-15(26)9-7-14/h2-11,19,29,34H,12-13,30H2,1H3/t19-/m1/s1. The molecule has 1 heterocycles. The maximum atomic E-state index is 15.1. The largest absolute Gasteiger partial charge is 0.396 e. The highest BCUT2D eigenvalue weighted by Gasteiger charge is 2.24. The van der Waals surface area contributed by atoms with Gasteiger partial charge in [-0.3, -0.25) is 10.2 Å². The molecule has 11 heteroatoms. The van der Waals surface area contributed by atoms with Gasteiger partial charge in [0.05, 0.1) is 29.3 Å². The quantitative estimate of drug-likeness (QED) is 0.389. The maximum Gasteiger partial charge on any atom is 0.277 e. The lowest BCUT2D eigenvalue weighted by Gasteiger charge is -2.16. The molecular weight excluding hydrogens is 475 g/mol. The zero-order valence-corrected chi connectivity index (χ0v) is 19.1. The van der Waals surface area contributed by atoms with Crippen LogP contribution in [0.1, 0.15) is 27.3 Å². The first-order valence-electron chi connectivity index (χ1n) is 10.6. The lowest BCUT2D eigenvalue weighted by atomic mass is 9.99. The molecule has 0 radical (unpaired) electrons. The number of halogens is 3. The van der Waals surface area contributed by atoms with Gasteiger partial charge in [0.2, 0.25) is 0 Å². The van der Waals surface area contributed by atoms with E-state index < -0.39 is 53.1 Å². The Hall–Kier alpha value is -4.22. The zero-order valence-electron chi connectivity index (χ0n) is 19.1. The number of nitrogens with zero attached hydrogens (tertiary/aromatic N) is 3. The van der Waals surface area contributed by atoms with E-state index in [2.05, 4.69) is 15.0 Å². The fraction of sp³-hybridized carbons (Fsp3) is 0.160. The predicted molar refractivity (Wildman–Crippen MR) is 127 cm³/mol. The zero-order chi connectivity index (χ0) is 26.2. The highest BCUT2D eigenvalue weighted by molar-refractivity contribution is 6.14. The Morgan fingerprint density at radius 2 is 1.81 bits per heavy atom. The van der Waals surface area contributed by atoms with E-state index >= 15 is 4.39 Å². The average molecular weight is 497 g/mol. The third-order valence-electron chi connectivity index (χ3n) is 5.13. The number of rotatable bonds is 9. The van der Waals surface area contributed by atoms with Crippen LogP contribution in [0.4, 0.5) is 13.2 Å². The topological polar surface area (TPSA) is 135 Å². The SMILES string of the molecule is CO[C@H](CO)C(Cc1ncccn1)=NC(=O)c1cccc(F)c1C(N)=C(F)C(=N)c1ccc(F)cc1. The second-order valence-electron chi connectivity index (χ2n) is 7.43. The molecule has 1 amide bonds. The van der Waals surface area contributed by atoms with Gasteiger partial charge in [0.25, 0.3) is 5.91 Å². The van der Waals surface area contributed by atoms with Crippen molar-refractivity contribution in [3.8, 4) is 0 Å². The number of nitrogens with two attached hydrogens (primary N) is 1. The van der Waals surface area contributed by atoms with Gasteiger partial charge in [-0.25, -0.2) is 28.1 Å². The number of aliphatic hydroxyl groups is 1. The van der Waals surface area contributed by atoms with Gasteiger partial charge in [-0.2, -0.15) is 0 Å². The summed E-state index contributed by atoms with van der Waals surface area (Å²) in [6.07, 6.45) is 1.91. The van der Waals surface area contributed by atoms with E-state index in [1.165, 1.54) is 43.8 Å². The third-order valence-corrected chi connectivity index (χ3v) is 5.13. The highest BCUT2D eigenvalue weighted by Crippen LogP contribution is 2.26. The number of carbonyl (C=O) groups excluding carboxylic acids is 1. The molecule has 36 heavy (non-hydrogen) atoms. The van der Waals surface area contributed by atoms with E-state index in [9.17, 15) is 18.7 Å². The molecule has 3 aromatic rings. The van der Waals surface area contributed by atoms with Crippen LogP contribution in [0.25, 0.3) is 5.70 Å². The van der Waals surface area contributed by atoms with Crippen molar-refractivity contribution < 1.29 is 27.8 Å². The molecule has 1 aromatic heterocycles. The van der Waals surface area contributed by atoms with Crippen molar-refractivity contribution in [3.05, 3.63) is 101 Å². The molecule has 186 valence electrons. The molecule has 8 nitrogen and oxygen atoms in total. The van der Waals surface area contributed by atoms with Gasteiger partial charge >= 0.3 is 0 Å². The number of methoxy groups -OCH3 is 1. The second kappa shape index (κ2) is 12.0. The van der Waals surface area contributed by atoms with Crippen LogP contribution in [-0.2, 0) is 11.2 Å². The average Bonchev–Trinajstić information content (AvgIpc) is 2.89. The first kappa shape index (κ1) is 26.4. The molecule has 3 rings (SSSR count). The summed E-state index contributed by atoms with van der Waals surface area (Å²) < 4.78 is 48.3. The number of aliphatic hydroxyl groups excluding tert-OH is 1. The number of ether oxygens (including phenoxy) is 1. The first-order chi connectivity index (χ1) is 17.3. The number of benzene rings is 2. The van der Waals surface area contributed by atoms with Crippen molar-refractivity contribution >= 4 is 23.0 Å². The Balaban J connectivity index is 2.05. The lowest BCUT2D eigenvalue weighted by Crippen LogP contribution is -2.30. The van der Waals surface area contributed by atoms with Crippen molar-refractivity contribution in [3.63, 3.8) is 0 Å². The fourth-order valence-corrected chi connectivity index (χ4v) is 3.28. The Morgan fingerprint density at radius 1 is 1.14 bits per heavy atom. The molecule has 4 N–H and O–H groups in total. The Bertz CT molecular complexity index is 1310. The van der Waals surface area contributed by atoms with Crippen LogP contribution in [0.5, 0.6) is 0 Å². The molecule has 0 fully saturated rings. The molecule has 0 aliphatic rings. The molecule has 1 atom stereocenters. The summed E-state index contributed by atoms with van der Waals surface area (Å²) in [5, 5.41) is 17.7. The van der Waals surface area contributed by atoms with Gasteiger partial charge in [-0.05, 0) is 42.5 Å². The number of allylic oxidation sites excluding steroid dienone is 1. The van der Waals surface area contributed by atoms with Crippen LogP contribution < -0.4 is 5.73 Å². The van der Waals surface area contributed by atoms with Gasteiger partial charge in [-0.15, -0.1) is 0 Å². The molecule has 0 unspecified atom stereocenters. The van der Waals surface area contributed by atoms with Crippen LogP contribution in [0.3, 0.4) is 0 Å².